The second-order valence-electron chi connectivity index (χ2n) is 10.2. The van der Waals surface area contributed by atoms with Crippen LogP contribution >= 0.6 is 0 Å². The summed E-state index contributed by atoms with van der Waals surface area (Å²) in [6.45, 7) is 0.833. The molecule has 226 valence electrons. The molecule has 0 spiro atoms. The van der Waals surface area contributed by atoms with Crippen molar-refractivity contribution in [2.45, 2.75) is 25.7 Å². The average molecular weight is 602 g/mol. The summed E-state index contributed by atoms with van der Waals surface area (Å²) in [5, 5.41) is 12.3. The van der Waals surface area contributed by atoms with Crippen molar-refractivity contribution < 1.29 is 33.7 Å². The third-order valence-corrected chi connectivity index (χ3v) is 6.88. The van der Waals surface area contributed by atoms with Crippen molar-refractivity contribution in [1.29, 1.82) is 0 Å². The number of amides is 1. The fourth-order valence-corrected chi connectivity index (χ4v) is 4.41. The van der Waals surface area contributed by atoms with Crippen LogP contribution < -0.4 is 19.5 Å². The van der Waals surface area contributed by atoms with Gasteiger partial charge in [0.05, 0.1) is 5.56 Å². The van der Waals surface area contributed by atoms with E-state index in [2.05, 4.69) is 5.32 Å². The zero-order valence-corrected chi connectivity index (χ0v) is 24.3. The maximum atomic E-state index is 12.8. The Labute approximate surface area is 260 Å². The Kier molecular flexibility index (Phi) is 10.2. The van der Waals surface area contributed by atoms with E-state index in [4.69, 9.17) is 14.2 Å². The maximum Gasteiger partial charge on any atom is 0.343 e. The molecule has 45 heavy (non-hydrogen) atoms. The number of carboxylic acid groups (broad SMARTS) is 1. The van der Waals surface area contributed by atoms with Crippen LogP contribution in [0, 0.1) is 0 Å². The normalized spacial score (nSPS) is 11.2. The van der Waals surface area contributed by atoms with E-state index in [0.29, 0.717) is 30.3 Å². The molecule has 0 heterocycles. The molecule has 0 aromatic heterocycles. The molecule has 0 aliphatic rings. The Morgan fingerprint density at radius 2 is 1.02 bits per heavy atom. The van der Waals surface area contributed by atoms with Gasteiger partial charge in [-0.05, 0) is 77.4 Å². The van der Waals surface area contributed by atoms with Gasteiger partial charge in [0.25, 0.3) is 5.91 Å². The van der Waals surface area contributed by atoms with Crippen LogP contribution in [-0.4, -0.2) is 29.0 Å². The van der Waals surface area contributed by atoms with E-state index in [1.165, 1.54) is 24.3 Å². The Bertz CT molecular complexity index is 1700. The predicted octanol–water partition coefficient (Wildman–Crippen LogP) is 6.49. The number of esters is 1. The van der Waals surface area contributed by atoms with E-state index in [9.17, 15) is 19.5 Å². The number of hydrogen-bond donors (Lipinski definition) is 2. The SMILES string of the molecule is O=C(NC(Cc1ccc(OCc2ccccc2)cc1)C(=O)O)c1ccc(OC(=O)c2ccc(OCc3ccccc3)cc2)cc1. The highest BCUT2D eigenvalue weighted by atomic mass is 16.5. The third-order valence-electron chi connectivity index (χ3n) is 6.88. The van der Waals surface area contributed by atoms with Crippen molar-refractivity contribution in [3.8, 4) is 17.2 Å². The molecule has 2 N–H and O–H groups in total. The molecule has 0 aliphatic heterocycles. The molecule has 0 aliphatic carbocycles. The molecular formula is C37H31NO7. The molecule has 5 rings (SSSR count). The summed E-state index contributed by atoms with van der Waals surface area (Å²) in [7, 11) is 0. The largest absolute Gasteiger partial charge is 0.489 e. The number of ether oxygens (including phenoxy) is 3. The number of nitrogens with one attached hydrogen (secondary N) is 1. The molecule has 5 aromatic rings. The standard InChI is InChI=1S/C37H31NO7/c39-35(38-34(36(40)41)23-26-11-17-31(18-12-26)43-24-27-7-3-1-4-8-27)29-13-21-33(22-14-29)45-37(42)30-15-19-32(20-16-30)44-25-28-9-5-2-6-10-28/h1-22,34H,23-25H2,(H,38,39)(H,40,41). The van der Waals surface area contributed by atoms with E-state index >= 15 is 0 Å². The number of carboxylic acids is 1. The van der Waals surface area contributed by atoms with Gasteiger partial charge >= 0.3 is 11.9 Å². The van der Waals surface area contributed by atoms with E-state index in [1.54, 1.807) is 48.5 Å². The van der Waals surface area contributed by atoms with Crippen LogP contribution in [0.3, 0.4) is 0 Å². The predicted molar refractivity (Wildman–Crippen MR) is 168 cm³/mol. The lowest BCUT2D eigenvalue weighted by molar-refractivity contribution is -0.139. The highest BCUT2D eigenvalue weighted by Crippen LogP contribution is 2.19. The number of hydrogen-bond acceptors (Lipinski definition) is 6. The van der Waals surface area contributed by atoms with Gasteiger partial charge in [-0.3, -0.25) is 4.79 Å². The first-order valence-electron chi connectivity index (χ1n) is 14.3. The Balaban J connectivity index is 1.11. The molecule has 0 radical (unpaired) electrons. The zero-order chi connectivity index (χ0) is 31.4. The maximum absolute atomic E-state index is 12.8. The minimum absolute atomic E-state index is 0.0891. The number of benzene rings is 5. The van der Waals surface area contributed by atoms with E-state index in [1.807, 2.05) is 60.7 Å². The second kappa shape index (κ2) is 15.0. The summed E-state index contributed by atoms with van der Waals surface area (Å²) in [5.74, 6) is -0.766. The summed E-state index contributed by atoms with van der Waals surface area (Å²) >= 11 is 0. The molecule has 0 fully saturated rings. The summed E-state index contributed by atoms with van der Waals surface area (Å²) in [6.07, 6.45) is 0.0891. The molecule has 8 nitrogen and oxygen atoms in total. The quantitative estimate of drug-likeness (QED) is 0.117. The van der Waals surface area contributed by atoms with Crippen LogP contribution in [-0.2, 0) is 24.4 Å². The molecule has 5 aromatic carbocycles. The van der Waals surface area contributed by atoms with Crippen LogP contribution in [0.25, 0.3) is 0 Å². The lowest BCUT2D eigenvalue weighted by Crippen LogP contribution is -2.42. The first-order valence-corrected chi connectivity index (χ1v) is 14.3. The van der Waals surface area contributed by atoms with Gasteiger partial charge < -0.3 is 24.6 Å². The van der Waals surface area contributed by atoms with Gasteiger partial charge in [-0.25, -0.2) is 9.59 Å². The van der Waals surface area contributed by atoms with Crippen molar-refractivity contribution in [2.75, 3.05) is 0 Å². The topological polar surface area (TPSA) is 111 Å². The second-order valence-corrected chi connectivity index (χ2v) is 10.2. The minimum atomic E-state index is -1.16. The number of carbonyl (C=O) groups is 3. The molecule has 1 unspecified atom stereocenters. The molecular weight excluding hydrogens is 570 g/mol. The van der Waals surface area contributed by atoms with Crippen molar-refractivity contribution in [2.24, 2.45) is 0 Å². The Hall–Kier alpha value is -5.89. The summed E-state index contributed by atoms with van der Waals surface area (Å²) in [5.41, 5.74) is 3.37. The molecule has 0 saturated carbocycles. The lowest BCUT2D eigenvalue weighted by Gasteiger charge is -2.15. The van der Waals surface area contributed by atoms with Gasteiger partial charge in [-0.1, -0.05) is 72.8 Å². The van der Waals surface area contributed by atoms with Gasteiger partial charge in [0, 0.05) is 12.0 Å². The minimum Gasteiger partial charge on any atom is -0.489 e. The van der Waals surface area contributed by atoms with E-state index < -0.39 is 23.9 Å². The lowest BCUT2D eigenvalue weighted by atomic mass is 10.1. The van der Waals surface area contributed by atoms with Gasteiger partial charge in [-0.15, -0.1) is 0 Å². The summed E-state index contributed by atoms with van der Waals surface area (Å²) in [4.78, 5) is 37.4. The number of rotatable bonds is 13. The first-order chi connectivity index (χ1) is 21.9. The van der Waals surface area contributed by atoms with Gasteiger partial charge in [0.2, 0.25) is 0 Å². The van der Waals surface area contributed by atoms with E-state index in [0.717, 1.165) is 16.7 Å². The van der Waals surface area contributed by atoms with Gasteiger partial charge in [0.15, 0.2) is 0 Å². The van der Waals surface area contributed by atoms with Crippen molar-refractivity contribution in [1.82, 2.24) is 5.32 Å². The van der Waals surface area contributed by atoms with Crippen LogP contribution in [0.2, 0.25) is 0 Å². The van der Waals surface area contributed by atoms with Crippen molar-refractivity contribution >= 4 is 17.8 Å². The van der Waals surface area contributed by atoms with Crippen LogP contribution in [0.15, 0.2) is 133 Å². The molecule has 1 amide bonds. The smallest absolute Gasteiger partial charge is 0.343 e. The zero-order valence-electron chi connectivity index (χ0n) is 24.3. The first kappa shape index (κ1) is 30.6. The summed E-state index contributed by atoms with van der Waals surface area (Å²) in [6, 6.07) is 38.0. The molecule has 1 atom stereocenters. The molecule has 0 saturated heterocycles. The monoisotopic (exact) mass is 601 g/mol. The number of aliphatic carboxylic acids is 1. The van der Waals surface area contributed by atoms with Crippen LogP contribution in [0.1, 0.15) is 37.4 Å². The average Bonchev–Trinajstić information content (AvgIpc) is 3.08. The highest BCUT2D eigenvalue weighted by molar-refractivity contribution is 5.97. The number of carbonyl (C=O) groups excluding carboxylic acids is 2. The molecule has 0 bridgehead atoms. The molecule has 8 heteroatoms. The third kappa shape index (κ3) is 9.05. The highest BCUT2D eigenvalue weighted by Gasteiger charge is 2.21. The van der Waals surface area contributed by atoms with Gasteiger partial charge in [0.1, 0.15) is 36.5 Å². The van der Waals surface area contributed by atoms with Crippen molar-refractivity contribution in [3.63, 3.8) is 0 Å². The Morgan fingerprint density at radius 3 is 1.53 bits per heavy atom. The van der Waals surface area contributed by atoms with Crippen LogP contribution in [0.4, 0.5) is 0 Å². The fraction of sp³-hybridized carbons (Fsp3) is 0.108. The van der Waals surface area contributed by atoms with Gasteiger partial charge in [-0.2, -0.15) is 0 Å². The summed E-state index contributed by atoms with van der Waals surface area (Å²) < 4.78 is 17.0. The van der Waals surface area contributed by atoms with Crippen LogP contribution in [0.5, 0.6) is 17.2 Å². The fourth-order valence-electron chi connectivity index (χ4n) is 4.41. The van der Waals surface area contributed by atoms with Crippen molar-refractivity contribution in [3.05, 3.63) is 161 Å². The Morgan fingerprint density at radius 1 is 0.556 bits per heavy atom. The van der Waals surface area contributed by atoms with E-state index in [-0.39, 0.29) is 17.7 Å².